The van der Waals surface area contributed by atoms with Crippen LogP contribution in [-0.4, -0.2) is 27.9 Å². The van der Waals surface area contributed by atoms with Crippen molar-refractivity contribution in [2.24, 2.45) is 0 Å². The van der Waals surface area contributed by atoms with Crippen molar-refractivity contribution >= 4 is 43.5 Å². The van der Waals surface area contributed by atoms with Crippen molar-refractivity contribution in [3.8, 4) is 11.1 Å². The Hall–Kier alpha value is -4.05. The van der Waals surface area contributed by atoms with E-state index in [4.69, 9.17) is 5.73 Å². The molecule has 0 amide bonds. The maximum Gasteiger partial charge on any atom is 0.264 e. The number of pyridine rings is 1. The summed E-state index contributed by atoms with van der Waals surface area (Å²) in [6.07, 6.45) is 9.30. The Kier molecular flexibility index (Phi) is 5.33. The van der Waals surface area contributed by atoms with E-state index < -0.39 is 15.8 Å². The summed E-state index contributed by atoms with van der Waals surface area (Å²) in [6.45, 7) is 0. The van der Waals surface area contributed by atoms with Gasteiger partial charge in [-0.25, -0.2) is 22.8 Å². The first kappa shape index (κ1) is 22.4. The molecule has 0 spiro atoms. The van der Waals surface area contributed by atoms with Crippen LogP contribution in [0.5, 0.6) is 0 Å². The van der Waals surface area contributed by atoms with Crippen molar-refractivity contribution < 1.29 is 12.8 Å². The lowest BCUT2D eigenvalue weighted by Gasteiger charge is -2.12. The van der Waals surface area contributed by atoms with Gasteiger partial charge in [0.05, 0.1) is 16.6 Å². The second kappa shape index (κ2) is 8.56. The van der Waals surface area contributed by atoms with Crippen LogP contribution in [-0.2, 0) is 10.0 Å². The molecule has 0 bridgehead atoms. The molecule has 182 valence electrons. The van der Waals surface area contributed by atoms with Gasteiger partial charge in [0.1, 0.15) is 28.5 Å². The molecule has 1 fully saturated rings. The Labute approximate surface area is 207 Å². The Morgan fingerprint density at radius 1 is 1.03 bits per heavy atom. The van der Waals surface area contributed by atoms with Crippen LogP contribution in [0.15, 0.2) is 72.1 Å². The number of benzene rings is 2. The number of aromatic nitrogens is 4. The zero-order chi connectivity index (χ0) is 24.9. The summed E-state index contributed by atoms with van der Waals surface area (Å²) in [4.78, 5) is 12.8. The monoisotopic (exact) mass is 502 g/mol. The highest BCUT2D eigenvalue weighted by Gasteiger charge is 2.24. The number of anilines is 2. The predicted molar refractivity (Wildman–Crippen MR) is 137 cm³/mol. The average molecular weight is 503 g/mol. The zero-order valence-corrected chi connectivity index (χ0v) is 20.0. The summed E-state index contributed by atoms with van der Waals surface area (Å²) in [5.74, 6) is -0.387. The summed E-state index contributed by atoms with van der Waals surface area (Å²) in [6, 6.07) is 13.0. The van der Waals surface area contributed by atoms with Crippen LogP contribution in [0.2, 0.25) is 0 Å². The second-order valence-corrected chi connectivity index (χ2v) is 10.6. The molecule has 3 aromatic heterocycles. The molecule has 5 aromatic rings. The number of sulfonamides is 1. The number of fused-ring (bicyclic) bond motifs is 2. The van der Waals surface area contributed by atoms with Gasteiger partial charge in [-0.1, -0.05) is 37.1 Å². The number of rotatable bonds is 5. The normalized spacial score (nSPS) is 14.6. The molecule has 1 aliphatic rings. The van der Waals surface area contributed by atoms with Gasteiger partial charge < -0.3 is 10.3 Å². The topological polar surface area (TPSA) is 116 Å². The first-order valence-electron chi connectivity index (χ1n) is 11.7. The summed E-state index contributed by atoms with van der Waals surface area (Å²) >= 11 is 0. The second-order valence-electron chi connectivity index (χ2n) is 8.98. The van der Waals surface area contributed by atoms with E-state index in [9.17, 15) is 8.42 Å². The third kappa shape index (κ3) is 3.74. The van der Waals surface area contributed by atoms with Crippen molar-refractivity contribution in [1.82, 2.24) is 19.5 Å². The van der Waals surface area contributed by atoms with Gasteiger partial charge in [-0.3, -0.25) is 9.71 Å². The summed E-state index contributed by atoms with van der Waals surface area (Å²) < 4.78 is 46.1. The van der Waals surface area contributed by atoms with Gasteiger partial charge in [0.25, 0.3) is 10.0 Å². The Bertz CT molecular complexity index is 1720. The number of nitrogens with two attached hydrogens (primary N) is 1. The smallest absolute Gasteiger partial charge is 0.264 e. The molecule has 0 radical (unpaired) electrons. The van der Waals surface area contributed by atoms with Crippen molar-refractivity contribution in [3.05, 3.63) is 73.1 Å². The van der Waals surface area contributed by atoms with Gasteiger partial charge in [-0.15, -0.1) is 0 Å². The molecule has 0 atom stereocenters. The van der Waals surface area contributed by atoms with Crippen LogP contribution in [0.1, 0.15) is 31.7 Å². The maximum absolute atomic E-state index is 15.3. The van der Waals surface area contributed by atoms with E-state index in [0.717, 1.165) is 31.3 Å². The average Bonchev–Trinajstić information content (AvgIpc) is 3.54. The quantitative estimate of drug-likeness (QED) is 0.338. The van der Waals surface area contributed by atoms with E-state index in [2.05, 4.69) is 24.2 Å². The van der Waals surface area contributed by atoms with Crippen LogP contribution >= 0.6 is 0 Å². The first-order chi connectivity index (χ1) is 17.4. The van der Waals surface area contributed by atoms with Crippen molar-refractivity contribution in [2.75, 3.05) is 10.5 Å². The highest BCUT2D eigenvalue weighted by molar-refractivity contribution is 7.93. The van der Waals surface area contributed by atoms with E-state index in [1.165, 1.54) is 30.7 Å². The van der Waals surface area contributed by atoms with Gasteiger partial charge in [-0.05, 0) is 42.7 Å². The largest absolute Gasteiger partial charge is 0.383 e. The number of nitrogens with one attached hydrogen (secondary N) is 1. The van der Waals surface area contributed by atoms with Crippen LogP contribution in [0.3, 0.4) is 0 Å². The lowest BCUT2D eigenvalue weighted by molar-refractivity contribution is 0.532. The molecule has 1 aliphatic carbocycles. The minimum Gasteiger partial charge on any atom is -0.383 e. The predicted octanol–water partition coefficient (Wildman–Crippen LogP) is 5.28. The number of hydrogen-bond donors (Lipinski definition) is 2. The molecule has 0 saturated heterocycles. The lowest BCUT2D eigenvalue weighted by atomic mass is 10.1. The van der Waals surface area contributed by atoms with Gasteiger partial charge in [0.15, 0.2) is 0 Å². The van der Waals surface area contributed by atoms with E-state index in [0.29, 0.717) is 39.3 Å². The standard InChI is InChI=1S/C26H23FN6O2S/c27-20-13-17(19-14-33(18-7-1-2-8-18)26-23(19)25(28)30-15-31-26)10-11-21(20)32-36(34,35)22-9-3-5-16-6-4-12-29-24(16)22/h3-6,9-15,18,32H,1-2,7-8H2,(H2,28,30,31). The number of halogens is 1. The molecule has 3 N–H and O–H groups in total. The minimum absolute atomic E-state index is 0.0198. The molecular formula is C26H23FN6O2S. The van der Waals surface area contributed by atoms with Crippen LogP contribution < -0.4 is 10.5 Å². The number of para-hydroxylation sites is 1. The molecular weight excluding hydrogens is 479 g/mol. The molecule has 2 aromatic carbocycles. The molecule has 8 nitrogen and oxygen atoms in total. The fourth-order valence-electron chi connectivity index (χ4n) is 5.05. The molecule has 1 saturated carbocycles. The van der Waals surface area contributed by atoms with E-state index >= 15 is 4.39 Å². The molecule has 6 rings (SSSR count). The van der Waals surface area contributed by atoms with E-state index in [-0.39, 0.29) is 10.6 Å². The number of nitrogens with zero attached hydrogens (tertiary/aromatic N) is 4. The third-order valence-electron chi connectivity index (χ3n) is 6.77. The fraction of sp³-hybridized carbons (Fsp3) is 0.192. The molecule has 10 heteroatoms. The van der Waals surface area contributed by atoms with E-state index in [1.54, 1.807) is 30.3 Å². The summed E-state index contributed by atoms with van der Waals surface area (Å²) in [5, 5.41) is 1.34. The van der Waals surface area contributed by atoms with E-state index in [1.807, 2.05) is 6.20 Å². The number of nitrogen functional groups attached to an aromatic ring is 1. The first-order valence-corrected chi connectivity index (χ1v) is 13.2. The molecule has 36 heavy (non-hydrogen) atoms. The lowest BCUT2D eigenvalue weighted by Crippen LogP contribution is -2.14. The molecule has 0 aliphatic heterocycles. The summed E-state index contributed by atoms with van der Waals surface area (Å²) in [5.41, 5.74) is 8.36. The van der Waals surface area contributed by atoms with Crippen molar-refractivity contribution in [3.63, 3.8) is 0 Å². The van der Waals surface area contributed by atoms with Gasteiger partial charge in [0.2, 0.25) is 0 Å². The van der Waals surface area contributed by atoms with Gasteiger partial charge in [-0.2, -0.15) is 0 Å². The van der Waals surface area contributed by atoms with Crippen LogP contribution in [0, 0.1) is 5.82 Å². The Balaban J connectivity index is 1.39. The third-order valence-corrected chi connectivity index (χ3v) is 8.16. The number of hydrogen-bond acceptors (Lipinski definition) is 6. The van der Waals surface area contributed by atoms with Crippen LogP contribution in [0.25, 0.3) is 33.1 Å². The Morgan fingerprint density at radius 2 is 1.83 bits per heavy atom. The van der Waals surface area contributed by atoms with Crippen molar-refractivity contribution in [2.45, 2.75) is 36.6 Å². The molecule has 3 heterocycles. The van der Waals surface area contributed by atoms with Crippen molar-refractivity contribution in [1.29, 1.82) is 0 Å². The van der Waals surface area contributed by atoms with Gasteiger partial charge in [0, 0.05) is 29.4 Å². The van der Waals surface area contributed by atoms with Gasteiger partial charge >= 0.3 is 0 Å². The highest BCUT2D eigenvalue weighted by atomic mass is 32.2. The summed E-state index contributed by atoms with van der Waals surface area (Å²) in [7, 11) is -4.08. The van der Waals surface area contributed by atoms with Crippen LogP contribution in [0.4, 0.5) is 15.9 Å². The zero-order valence-electron chi connectivity index (χ0n) is 19.2. The fourth-order valence-corrected chi connectivity index (χ4v) is 6.29. The maximum atomic E-state index is 15.3. The molecule has 0 unspecified atom stereocenters. The minimum atomic E-state index is -4.08. The highest BCUT2D eigenvalue weighted by Crippen LogP contribution is 2.39. The SMILES string of the molecule is Nc1ncnc2c1c(-c1ccc(NS(=O)(=O)c3cccc4cccnc34)c(F)c1)cn2C1CCCC1. The Morgan fingerprint density at radius 3 is 2.64 bits per heavy atom.